The van der Waals surface area contributed by atoms with Crippen molar-refractivity contribution < 1.29 is 63.1 Å². The number of rotatable bonds is 43. The number of hydrogen-bond acceptors (Lipinski definition) is 12. The van der Waals surface area contributed by atoms with E-state index in [4.69, 9.17) is 18.5 Å². The Balaban J connectivity index is 2.34. The van der Waals surface area contributed by atoms with Crippen LogP contribution in [0.4, 0.5) is 0 Å². The molecule has 0 heterocycles. The SMILES string of the molecule is CCCCC/C=C\CCCCCCCC(=O)OC(COC(=O)CCCCCCCCCCCCCCCCCCCCCCCC)COP(=O)(O)OC1C(O)C(O)C(O)C(O)C1O. The second-order valence-electron chi connectivity index (χ2n) is 18.0. The molecule has 13 nitrogen and oxygen atoms in total. The fraction of sp³-hybridized carbons (Fsp3) is 0.918. The van der Waals surface area contributed by atoms with Crippen molar-refractivity contribution >= 4 is 19.8 Å². The summed E-state index contributed by atoms with van der Waals surface area (Å²) in [5.41, 5.74) is 0. The molecule has 63 heavy (non-hydrogen) atoms. The minimum atomic E-state index is -5.12. The number of hydrogen-bond donors (Lipinski definition) is 6. The third-order valence-electron chi connectivity index (χ3n) is 12.1. The average molecular weight is 921 g/mol. The molecule has 0 aromatic carbocycles. The molecule has 0 radical (unpaired) electrons. The number of carbonyl (C=O) groups is 2. The Morgan fingerprint density at radius 3 is 1.24 bits per heavy atom. The zero-order valence-corrected chi connectivity index (χ0v) is 40.5. The molecule has 0 saturated heterocycles. The molecule has 0 spiro atoms. The highest BCUT2D eigenvalue weighted by molar-refractivity contribution is 7.47. The summed E-state index contributed by atoms with van der Waals surface area (Å²) in [6.07, 6.45) is 29.9. The lowest BCUT2D eigenvalue weighted by Gasteiger charge is -2.41. The number of unbranched alkanes of at least 4 members (excludes halogenated alkanes) is 29. The fourth-order valence-electron chi connectivity index (χ4n) is 7.99. The molecule has 14 heteroatoms. The van der Waals surface area contributed by atoms with Crippen LogP contribution in [0, 0.1) is 0 Å². The standard InChI is InChI=1S/C49H93O13P/c1-3-5-7-9-11-13-15-17-18-19-20-21-22-23-24-25-26-28-29-31-33-35-37-42(50)59-39-41(61-43(51)38-36-34-32-30-27-16-14-12-10-8-6-4-2)40-60-63(57,58)62-49-47(55)45(53)44(52)46(54)48(49)56/h12,14,41,44-49,52-56H,3-11,13,15-40H2,1-2H3,(H,57,58)/b14-12-. The van der Waals surface area contributed by atoms with E-state index in [1.165, 1.54) is 135 Å². The van der Waals surface area contributed by atoms with Crippen molar-refractivity contribution in [2.45, 2.75) is 275 Å². The van der Waals surface area contributed by atoms with Crippen molar-refractivity contribution in [1.29, 1.82) is 0 Å². The van der Waals surface area contributed by atoms with Crippen molar-refractivity contribution in [3.05, 3.63) is 12.2 Å². The molecule has 1 saturated carbocycles. The van der Waals surface area contributed by atoms with Crippen LogP contribution in [-0.4, -0.2) is 98.3 Å². The van der Waals surface area contributed by atoms with Crippen LogP contribution in [-0.2, 0) is 32.7 Å². The summed E-state index contributed by atoms with van der Waals surface area (Å²) in [5, 5.41) is 50.2. The summed E-state index contributed by atoms with van der Waals surface area (Å²) in [4.78, 5) is 35.7. The first-order valence-electron chi connectivity index (χ1n) is 25.5. The molecular formula is C49H93O13P. The Bertz CT molecular complexity index is 1160. The first-order chi connectivity index (χ1) is 30.4. The smallest absolute Gasteiger partial charge is 0.462 e. The van der Waals surface area contributed by atoms with E-state index in [0.29, 0.717) is 12.8 Å². The molecule has 0 aliphatic heterocycles. The minimum Gasteiger partial charge on any atom is -0.462 e. The zero-order chi connectivity index (χ0) is 46.4. The van der Waals surface area contributed by atoms with E-state index in [9.17, 15) is 44.6 Å². The monoisotopic (exact) mass is 921 g/mol. The molecule has 0 aromatic rings. The van der Waals surface area contributed by atoms with Gasteiger partial charge in [-0.2, -0.15) is 0 Å². The van der Waals surface area contributed by atoms with Gasteiger partial charge in [-0.05, 0) is 38.5 Å². The summed E-state index contributed by atoms with van der Waals surface area (Å²) < 4.78 is 33.6. The van der Waals surface area contributed by atoms with Gasteiger partial charge in [0.2, 0.25) is 0 Å². The highest BCUT2D eigenvalue weighted by atomic mass is 31.2. The second-order valence-corrected chi connectivity index (χ2v) is 19.4. The predicted octanol–water partition coefficient (Wildman–Crippen LogP) is 10.6. The van der Waals surface area contributed by atoms with Crippen LogP contribution in [0.15, 0.2) is 12.2 Å². The molecule has 0 amide bonds. The average Bonchev–Trinajstić information content (AvgIpc) is 3.26. The van der Waals surface area contributed by atoms with Crippen molar-refractivity contribution in [2.24, 2.45) is 0 Å². The van der Waals surface area contributed by atoms with Crippen LogP contribution in [0.2, 0.25) is 0 Å². The van der Waals surface area contributed by atoms with Crippen molar-refractivity contribution in [1.82, 2.24) is 0 Å². The van der Waals surface area contributed by atoms with Gasteiger partial charge < -0.3 is 39.9 Å². The van der Waals surface area contributed by atoms with Crippen LogP contribution in [0.3, 0.4) is 0 Å². The topological polar surface area (TPSA) is 210 Å². The van der Waals surface area contributed by atoms with Gasteiger partial charge in [0.25, 0.3) is 0 Å². The second kappa shape index (κ2) is 39.7. The van der Waals surface area contributed by atoms with Crippen LogP contribution < -0.4 is 0 Å². The van der Waals surface area contributed by atoms with E-state index in [1.807, 2.05) is 0 Å². The maximum absolute atomic E-state index is 12.8. The van der Waals surface area contributed by atoms with E-state index in [0.717, 1.165) is 57.8 Å². The van der Waals surface area contributed by atoms with Gasteiger partial charge in [-0.25, -0.2) is 4.57 Å². The van der Waals surface area contributed by atoms with E-state index < -0.39 is 75.7 Å². The Kier molecular flexibility index (Phi) is 37.6. The Morgan fingerprint density at radius 2 is 0.810 bits per heavy atom. The molecule has 1 aliphatic carbocycles. The van der Waals surface area contributed by atoms with Crippen LogP contribution in [0.1, 0.15) is 232 Å². The summed E-state index contributed by atoms with van der Waals surface area (Å²) in [6.45, 7) is 3.30. The highest BCUT2D eigenvalue weighted by Crippen LogP contribution is 2.47. The van der Waals surface area contributed by atoms with Crippen LogP contribution in [0.25, 0.3) is 0 Å². The van der Waals surface area contributed by atoms with Gasteiger partial charge in [-0.1, -0.05) is 193 Å². The van der Waals surface area contributed by atoms with Gasteiger partial charge in [0.1, 0.15) is 43.2 Å². The van der Waals surface area contributed by atoms with E-state index in [-0.39, 0.29) is 12.8 Å². The summed E-state index contributed by atoms with van der Waals surface area (Å²) in [7, 11) is -5.12. The molecule has 1 aliphatic rings. The third kappa shape index (κ3) is 32.0. The molecule has 0 bridgehead atoms. The lowest BCUT2D eigenvalue weighted by molar-refractivity contribution is -0.220. The minimum absolute atomic E-state index is 0.0904. The molecule has 6 atom stereocenters. The molecular weight excluding hydrogens is 828 g/mol. The van der Waals surface area contributed by atoms with Crippen molar-refractivity contribution in [3.8, 4) is 0 Å². The fourth-order valence-corrected chi connectivity index (χ4v) is 8.96. The number of ether oxygens (including phenoxy) is 2. The van der Waals surface area contributed by atoms with E-state index in [1.54, 1.807) is 0 Å². The largest absolute Gasteiger partial charge is 0.472 e. The molecule has 372 valence electrons. The number of esters is 2. The molecule has 0 aromatic heterocycles. The molecule has 1 fully saturated rings. The summed E-state index contributed by atoms with van der Waals surface area (Å²) >= 11 is 0. The van der Waals surface area contributed by atoms with Crippen LogP contribution in [0.5, 0.6) is 0 Å². The normalized spacial score (nSPS) is 21.7. The van der Waals surface area contributed by atoms with Crippen LogP contribution >= 0.6 is 7.82 Å². The number of phosphoric ester groups is 1. The van der Waals surface area contributed by atoms with Gasteiger partial charge in [-0.3, -0.25) is 18.6 Å². The maximum atomic E-state index is 12.8. The first kappa shape index (κ1) is 59.6. The number of allylic oxidation sites excluding steroid dienone is 2. The number of aliphatic hydroxyl groups is 5. The Hall–Kier alpha value is -1.41. The number of aliphatic hydroxyl groups excluding tert-OH is 5. The Labute approximate surface area is 382 Å². The van der Waals surface area contributed by atoms with Gasteiger partial charge in [0, 0.05) is 12.8 Å². The Morgan fingerprint density at radius 1 is 0.476 bits per heavy atom. The van der Waals surface area contributed by atoms with E-state index in [2.05, 4.69) is 26.0 Å². The van der Waals surface area contributed by atoms with Crippen molar-refractivity contribution in [3.63, 3.8) is 0 Å². The van der Waals surface area contributed by atoms with Gasteiger partial charge in [0.15, 0.2) is 6.10 Å². The summed E-state index contributed by atoms with van der Waals surface area (Å²) in [5.74, 6) is -1.10. The lowest BCUT2D eigenvalue weighted by Crippen LogP contribution is -2.64. The molecule has 6 N–H and O–H groups in total. The van der Waals surface area contributed by atoms with Gasteiger partial charge in [0.05, 0.1) is 6.61 Å². The maximum Gasteiger partial charge on any atom is 0.472 e. The number of carbonyl (C=O) groups excluding carboxylic acids is 2. The lowest BCUT2D eigenvalue weighted by atomic mass is 9.85. The van der Waals surface area contributed by atoms with Crippen molar-refractivity contribution in [2.75, 3.05) is 13.2 Å². The van der Waals surface area contributed by atoms with E-state index >= 15 is 0 Å². The quantitative estimate of drug-likeness (QED) is 0.0146. The van der Waals surface area contributed by atoms with Gasteiger partial charge >= 0.3 is 19.8 Å². The highest BCUT2D eigenvalue weighted by Gasteiger charge is 2.51. The molecule has 1 rings (SSSR count). The number of phosphoric acid groups is 1. The molecule has 6 unspecified atom stereocenters. The first-order valence-corrected chi connectivity index (χ1v) is 27.0. The third-order valence-corrected chi connectivity index (χ3v) is 13.1. The predicted molar refractivity (Wildman–Crippen MR) is 249 cm³/mol. The van der Waals surface area contributed by atoms with Gasteiger partial charge in [-0.15, -0.1) is 0 Å². The summed E-state index contributed by atoms with van der Waals surface area (Å²) in [6, 6.07) is 0. The zero-order valence-electron chi connectivity index (χ0n) is 39.6.